The zero-order valence-electron chi connectivity index (χ0n) is 13.9. The summed E-state index contributed by atoms with van der Waals surface area (Å²) >= 11 is 0. The number of hydrogen-bond acceptors (Lipinski definition) is 4. The smallest absolute Gasteiger partial charge is 0.156 e. The highest BCUT2D eigenvalue weighted by Crippen LogP contribution is 2.26. The average Bonchev–Trinajstić information content (AvgIpc) is 3.19. The van der Waals surface area contributed by atoms with Crippen molar-refractivity contribution in [3.8, 4) is 5.82 Å². The van der Waals surface area contributed by atoms with Gasteiger partial charge in [0.1, 0.15) is 12.1 Å². The van der Waals surface area contributed by atoms with Gasteiger partial charge < -0.3 is 0 Å². The van der Waals surface area contributed by atoms with Crippen LogP contribution in [0.3, 0.4) is 0 Å². The summed E-state index contributed by atoms with van der Waals surface area (Å²) in [7, 11) is 0. The monoisotopic (exact) mass is 337 g/mol. The van der Waals surface area contributed by atoms with Crippen molar-refractivity contribution in [1.29, 1.82) is 0 Å². The number of rotatable bonds is 4. The van der Waals surface area contributed by atoms with Crippen LogP contribution in [0.25, 0.3) is 5.82 Å². The summed E-state index contributed by atoms with van der Waals surface area (Å²) in [6, 6.07) is 6.77. The lowest BCUT2D eigenvalue weighted by molar-refractivity contribution is 0.198. The van der Waals surface area contributed by atoms with Gasteiger partial charge in [0.15, 0.2) is 5.82 Å². The van der Waals surface area contributed by atoms with Crippen molar-refractivity contribution >= 4 is 0 Å². The van der Waals surface area contributed by atoms with Crippen LogP contribution in [0.5, 0.6) is 0 Å². The van der Waals surface area contributed by atoms with Crippen molar-refractivity contribution in [2.45, 2.75) is 25.3 Å². The van der Waals surface area contributed by atoms with Gasteiger partial charge in [-0.05, 0) is 37.1 Å². The third kappa shape index (κ3) is 3.74. The van der Waals surface area contributed by atoms with Gasteiger partial charge in [0.2, 0.25) is 0 Å². The van der Waals surface area contributed by atoms with Crippen LogP contribution >= 0.6 is 0 Å². The van der Waals surface area contributed by atoms with Gasteiger partial charge in [0, 0.05) is 37.6 Å². The van der Waals surface area contributed by atoms with Crippen LogP contribution in [0.2, 0.25) is 0 Å². The molecule has 6 heteroatoms. The number of benzene rings is 1. The van der Waals surface area contributed by atoms with Gasteiger partial charge >= 0.3 is 0 Å². The Morgan fingerprint density at radius 3 is 2.80 bits per heavy atom. The van der Waals surface area contributed by atoms with Gasteiger partial charge in [-0.3, -0.25) is 14.5 Å². The van der Waals surface area contributed by atoms with E-state index in [1.165, 1.54) is 12.1 Å². The van der Waals surface area contributed by atoms with Crippen molar-refractivity contribution in [2.24, 2.45) is 0 Å². The Morgan fingerprint density at radius 2 is 2.00 bits per heavy atom. The van der Waals surface area contributed by atoms with Gasteiger partial charge in [-0.15, -0.1) is 0 Å². The second kappa shape index (κ2) is 7.11. The molecule has 25 heavy (non-hydrogen) atoms. The fourth-order valence-electron chi connectivity index (χ4n) is 3.37. The number of imidazole rings is 1. The maximum atomic E-state index is 13.1. The molecule has 0 N–H and O–H groups in total. The Kier molecular flexibility index (Phi) is 4.52. The van der Waals surface area contributed by atoms with Crippen LogP contribution in [0.1, 0.15) is 30.0 Å². The van der Waals surface area contributed by atoms with E-state index in [2.05, 4.69) is 14.9 Å². The lowest BCUT2D eigenvalue weighted by atomic mass is 9.94. The normalized spacial score (nSPS) is 18.4. The fraction of sp³-hybridized carbons (Fsp3) is 0.316. The van der Waals surface area contributed by atoms with Gasteiger partial charge in [-0.25, -0.2) is 14.4 Å². The SMILES string of the molecule is Fc1ccc(CN2CCC[C@@H](c3cncc(-n4ccnc4)n3)C2)cc1. The highest BCUT2D eigenvalue weighted by Gasteiger charge is 2.23. The topological polar surface area (TPSA) is 46.8 Å². The highest BCUT2D eigenvalue weighted by atomic mass is 19.1. The molecule has 2 aromatic heterocycles. The Labute approximate surface area is 146 Å². The molecule has 0 spiro atoms. The van der Waals surface area contributed by atoms with E-state index < -0.39 is 0 Å². The van der Waals surface area contributed by atoms with E-state index in [0.29, 0.717) is 5.92 Å². The second-order valence-corrected chi connectivity index (χ2v) is 6.47. The maximum absolute atomic E-state index is 13.1. The molecule has 0 unspecified atom stereocenters. The van der Waals surface area contributed by atoms with Crippen molar-refractivity contribution in [3.63, 3.8) is 0 Å². The summed E-state index contributed by atoms with van der Waals surface area (Å²) < 4.78 is 14.9. The maximum Gasteiger partial charge on any atom is 0.156 e. The van der Waals surface area contributed by atoms with Crippen LogP contribution < -0.4 is 0 Å². The molecule has 1 saturated heterocycles. The molecule has 0 saturated carbocycles. The van der Waals surface area contributed by atoms with Gasteiger partial charge in [-0.2, -0.15) is 0 Å². The summed E-state index contributed by atoms with van der Waals surface area (Å²) in [5.41, 5.74) is 2.16. The van der Waals surface area contributed by atoms with Gasteiger partial charge in [0.25, 0.3) is 0 Å². The lowest BCUT2D eigenvalue weighted by Gasteiger charge is -2.32. The van der Waals surface area contributed by atoms with Crippen molar-refractivity contribution in [3.05, 3.63) is 72.5 Å². The number of nitrogens with zero attached hydrogens (tertiary/aromatic N) is 5. The molecule has 1 atom stereocenters. The molecule has 1 fully saturated rings. The zero-order chi connectivity index (χ0) is 17.1. The molecule has 1 aliphatic rings. The summed E-state index contributed by atoms with van der Waals surface area (Å²) in [4.78, 5) is 15.6. The number of halogens is 1. The fourth-order valence-corrected chi connectivity index (χ4v) is 3.37. The molecule has 5 nitrogen and oxygen atoms in total. The van der Waals surface area contributed by atoms with E-state index in [1.807, 2.05) is 29.1 Å². The van der Waals surface area contributed by atoms with Crippen LogP contribution in [-0.2, 0) is 6.54 Å². The molecule has 0 aliphatic carbocycles. The second-order valence-electron chi connectivity index (χ2n) is 6.47. The van der Waals surface area contributed by atoms with Crippen LogP contribution in [0.15, 0.2) is 55.4 Å². The third-order valence-electron chi connectivity index (χ3n) is 4.65. The molecule has 0 bridgehead atoms. The first-order valence-corrected chi connectivity index (χ1v) is 8.55. The molecule has 3 heterocycles. The van der Waals surface area contributed by atoms with E-state index in [0.717, 1.165) is 49.6 Å². The standard InChI is InChI=1S/C19H20FN5/c20-17-5-3-15(4-6-17)12-24-8-1-2-16(13-24)18-10-22-11-19(23-18)25-9-7-21-14-25/h3-7,9-11,14,16H,1-2,8,12-13H2/t16-/m1/s1. The van der Waals surface area contributed by atoms with Crippen LogP contribution in [0.4, 0.5) is 4.39 Å². The molecule has 0 radical (unpaired) electrons. The number of aromatic nitrogens is 4. The van der Waals surface area contributed by atoms with Crippen molar-refractivity contribution in [1.82, 2.24) is 24.4 Å². The van der Waals surface area contributed by atoms with E-state index in [4.69, 9.17) is 4.98 Å². The number of likely N-dealkylation sites (tertiary alicyclic amines) is 1. The minimum absolute atomic E-state index is 0.188. The van der Waals surface area contributed by atoms with E-state index >= 15 is 0 Å². The van der Waals surface area contributed by atoms with Crippen LogP contribution in [-0.4, -0.2) is 37.5 Å². The van der Waals surface area contributed by atoms with Crippen molar-refractivity contribution in [2.75, 3.05) is 13.1 Å². The van der Waals surface area contributed by atoms with E-state index in [1.54, 1.807) is 18.7 Å². The Balaban J connectivity index is 1.47. The molecular weight excluding hydrogens is 317 g/mol. The molecule has 1 aliphatic heterocycles. The minimum Gasteiger partial charge on any atom is -0.298 e. The third-order valence-corrected chi connectivity index (χ3v) is 4.65. The first-order chi connectivity index (χ1) is 12.3. The summed E-state index contributed by atoms with van der Waals surface area (Å²) in [6.45, 7) is 2.84. The Morgan fingerprint density at radius 1 is 1.12 bits per heavy atom. The van der Waals surface area contributed by atoms with E-state index in [-0.39, 0.29) is 5.82 Å². The Bertz CT molecular complexity index is 816. The highest BCUT2D eigenvalue weighted by molar-refractivity contribution is 5.22. The largest absolute Gasteiger partial charge is 0.298 e. The van der Waals surface area contributed by atoms with E-state index in [9.17, 15) is 4.39 Å². The summed E-state index contributed by atoms with van der Waals surface area (Å²) in [5.74, 6) is 0.975. The lowest BCUT2D eigenvalue weighted by Crippen LogP contribution is -2.34. The summed E-state index contributed by atoms with van der Waals surface area (Å²) in [6.07, 6.45) is 11.2. The average molecular weight is 337 g/mol. The predicted molar refractivity (Wildman–Crippen MR) is 92.8 cm³/mol. The van der Waals surface area contributed by atoms with Crippen LogP contribution in [0, 0.1) is 5.82 Å². The Hall–Kier alpha value is -2.60. The predicted octanol–water partition coefficient (Wildman–Crippen LogP) is 3.18. The quantitative estimate of drug-likeness (QED) is 0.734. The van der Waals surface area contributed by atoms with Gasteiger partial charge in [0.05, 0.1) is 11.9 Å². The van der Waals surface area contributed by atoms with Gasteiger partial charge in [-0.1, -0.05) is 12.1 Å². The first kappa shape index (κ1) is 15.9. The number of piperidine rings is 1. The minimum atomic E-state index is -0.188. The first-order valence-electron chi connectivity index (χ1n) is 8.55. The summed E-state index contributed by atoms with van der Waals surface area (Å²) in [5, 5.41) is 0. The molecule has 4 rings (SSSR count). The zero-order valence-corrected chi connectivity index (χ0v) is 13.9. The molecule has 3 aromatic rings. The molecule has 128 valence electrons. The molecule has 0 amide bonds. The molecule has 1 aromatic carbocycles. The molecular formula is C19H20FN5. The number of hydrogen-bond donors (Lipinski definition) is 0. The van der Waals surface area contributed by atoms with Crippen molar-refractivity contribution < 1.29 is 4.39 Å².